The van der Waals surface area contributed by atoms with Crippen molar-refractivity contribution >= 4 is 53.1 Å². The van der Waals surface area contributed by atoms with E-state index in [1.54, 1.807) is 28.8 Å². The van der Waals surface area contributed by atoms with E-state index in [2.05, 4.69) is 20.8 Å². The topological polar surface area (TPSA) is 94.6 Å². The number of amides is 1. The molecule has 2 aromatic heterocycles. The van der Waals surface area contributed by atoms with E-state index in [4.69, 9.17) is 5.41 Å². The zero-order valence-corrected chi connectivity index (χ0v) is 18.9. The standard InChI is InChI=1S/C21H20F2N6O.HI.H2/c1-13-5-6-14(16(24)11-26-28-15-9-21(22,23)10-15)8-17(13)27-20(30)18-12-25-19-4-2-3-7-29(18)19;;/h2-8,11-12,15,24,28H,9-10H2,1H3,(H,27,30);2*1H/b24-16?,26-11-;;. The Bertz CT molecular complexity index is 1160. The third kappa shape index (κ3) is 5.06. The van der Waals surface area contributed by atoms with Crippen molar-refractivity contribution in [2.75, 3.05) is 5.32 Å². The van der Waals surface area contributed by atoms with Crippen LogP contribution in [0.2, 0.25) is 0 Å². The second-order valence-corrected chi connectivity index (χ2v) is 7.32. The molecule has 0 unspecified atom stereocenters. The van der Waals surface area contributed by atoms with Crippen LogP contribution in [0.15, 0.2) is 53.9 Å². The number of hydrogen-bond donors (Lipinski definition) is 3. The molecule has 1 aliphatic carbocycles. The fraction of sp³-hybridized carbons (Fsp3) is 0.238. The third-order valence-corrected chi connectivity index (χ3v) is 4.99. The van der Waals surface area contributed by atoms with E-state index in [9.17, 15) is 13.6 Å². The Morgan fingerprint density at radius 2 is 2.13 bits per heavy atom. The molecule has 0 radical (unpaired) electrons. The van der Waals surface area contributed by atoms with Gasteiger partial charge in [0.1, 0.15) is 11.3 Å². The summed E-state index contributed by atoms with van der Waals surface area (Å²) in [6.07, 6.45) is 4.05. The molecule has 0 spiro atoms. The molecule has 3 aromatic rings. The zero-order chi connectivity index (χ0) is 21.3. The quantitative estimate of drug-likeness (QED) is 0.244. The van der Waals surface area contributed by atoms with Crippen LogP contribution in [-0.4, -0.2) is 39.2 Å². The van der Waals surface area contributed by atoms with Gasteiger partial charge < -0.3 is 10.7 Å². The first-order valence-corrected chi connectivity index (χ1v) is 9.42. The summed E-state index contributed by atoms with van der Waals surface area (Å²) in [5, 5.41) is 14.9. The molecule has 164 valence electrons. The Balaban J connectivity index is 0.00000181. The maximum atomic E-state index is 12.8. The number of halogens is 3. The SMILES string of the molecule is Cc1ccc(C(=N)/C=N\NC2CC(F)(F)C2)cc1NC(=O)c1cnc2ccccn12.I.[HH]. The predicted octanol–water partition coefficient (Wildman–Crippen LogP) is 4.50. The maximum absolute atomic E-state index is 12.8. The number of aromatic nitrogens is 2. The van der Waals surface area contributed by atoms with Gasteiger partial charge in [0, 0.05) is 31.7 Å². The number of hydrazone groups is 1. The van der Waals surface area contributed by atoms with Crippen molar-refractivity contribution in [3.8, 4) is 0 Å². The summed E-state index contributed by atoms with van der Waals surface area (Å²) in [6.45, 7) is 1.85. The fourth-order valence-corrected chi connectivity index (χ4v) is 3.25. The number of rotatable bonds is 6. The molecule has 3 N–H and O–H groups in total. The highest BCUT2D eigenvalue weighted by Gasteiger charge is 2.45. The van der Waals surface area contributed by atoms with Crippen LogP contribution in [0.25, 0.3) is 5.65 Å². The number of anilines is 1. The second-order valence-electron chi connectivity index (χ2n) is 7.32. The van der Waals surface area contributed by atoms with E-state index in [0.717, 1.165) is 5.56 Å². The molecule has 1 fully saturated rings. The van der Waals surface area contributed by atoms with Crippen molar-refractivity contribution in [1.29, 1.82) is 5.41 Å². The Morgan fingerprint density at radius 1 is 1.35 bits per heavy atom. The third-order valence-electron chi connectivity index (χ3n) is 4.99. The lowest BCUT2D eigenvalue weighted by Gasteiger charge is -2.34. The molecular weight excluding hydrogens is 517 g/mol. The number of imidazole rings is 1. The van der Waals surface area contributed by atoms with E-state index >= 15 is 0 Å². The van der Waals surface area contributed by atoms with Gasteiger partial charge in [-0.15, -0.1) is 24.0 Å². The number of pyridine rings is 1. The van der Waals surface area contributed by atoms with E-state index in [1.807, 2.05) is 25.1 Å². The highest BCUT2D eigenvalue weighted by molar-refractivity contribution is 14.0. The molecule has 10 heteroatoms. The predicted molar refractivity (Wildman–Crippen MR) is 128 cm³/mol. The van der Waals surface area contributed by atoms with E-state index in [-0.39, 0.29) is 55.9 Å². The summed E-state index contributed by atoms with van der Waals surface area (Å²) in [6, 6.07) is 10.3. The first-order chi connectivity index (χ1) is 14.3. The zero-order valence-electron chi connectivity index (χ0n) is 16.6. The number of benzene rings is 1. The average Bonchev–Trinajstić information content (AvgIpc) is 3.12. The summed E-state index contributed by atoms with van der Waals surface area (Å²) >= 11 is 0. The minimum absolute atomic E-state index is 0. The molecule has 1 amide bonds. The molecule has 1 saturated carbocycles. The summed E-state index contributed by atoms with van der Waals surface area (Å²) in [7, 11) is 0. The van der Waals surface area contributed by atoms with Crippen LogP contribution in [0.1, 0.15) is 35.9 Å². The van der Waals surface area contributed by atoms with Gasteiger partial charge in [-0.1, -0.05) is 18.2 Å². The first-order valence-electron chi connectivity index (χ1n) is 9.42. The van der Waals surface area contributed by atoms with Crippen LogP contribution in [0, 0.1) is 12.3 Å². The minimum Gasteiger partial charge on any atom is -0.320 e. The molecule has 0 aliphatic heterocycles. The van der Waals surface area contributed by atoms with Gasteiger partial charge in [0.2, 0.25) is 0 Å². The number of carbonyl (C=O) groups is 1. The molecule has 1 aliphatic rings. The van der Waals surface area contributed by atoms with E-state index < -0.39 is 5.92 Å². The molecule has 31 heavy (non-hydrogen) atoms. The number of nitrogens with one attached hydrogen (secondary N) is 3. The van der Waals surface area contributed by atoms with E-state index in [0.29, 0.717) is 22.6 Å². The normalized spacial score (nSPS) is 15.3. The average molecular weight is 540 g/mol. The van der Waals surface area contributed by atoms with Gasteiger partial charge in [-0.2, -0.15) is 5.10 Å². The number of alkyl halides is 2. The first kappa shape index (κ1) is 22.8. The summed E-state index contributed by atoms with van der Waals surface area (Å²) in [5.74, 6) is -2.94. The van der Waals surface area contributed by atoms with Gasteiger partial charge in [-0.3, -0.25) is 14.6 Å². The Morgan fingerprint density at radius 3 is 2.87 bits per heavy atom. The number of carbonyl (C=O) groups excluding carboxylic acids is 1. The van der Waals surface area contributed by atoms with Crippen LogP contribution in [0.3, 0.4) is 0 Å². The molecule has 4 rings (SSSR count). The molecule has 0 atom stereocenters. The number of fused-ring (bicyclic) bond motifs is 1. The molecule has 2 heterocycles. The highest BCUT2D eigenvalue weighted by Crippen LogP contribution is 2.37. The molecule has 7 nitrogen and oxygen atoms in total. The number of hydrogen-bond acceptors (Lipinski definition) is 5. The van der Waals surface area contributed by atoms with Crippen LogP contribution < -0.4 is 10.7 Å². The molecule has 1 aromatic carbocycles. The van der Waals surface area contributed by atoms with Crippen molar-refractivity contribution in [3.05, 3.63) is 65.6 Å². The lowest BCUT2D eigenvalue weighted by atomic mass is 9.89. The molecular formula is C21H23F2IN6O. The van der Waals surface area contributed by atoms with Crippen molar-refractivity contribution < 1.29 is 15.0 Å². The second kappa shape index (κ2) is 9.08. The van der Waals surface area contributed by atoms with Crippen LogP contribution >= 0.6 is 24.0 Å². The number of nitrogens with zero attached hydrogens (tertiary/aromatic N) is 3. The van der Waals surface area contributed by atoms with Crippen LogP contribution in [-0.2, 0) is 0 Å². The minimum atomic E-state index is -2.62. The lowest BCUT2D eigenvalue weighted by Crippen LogP contribution is -2.46. The summed E-state index contributed by atoms with van der Waals surface area (Å²) in [4.78, 5) is 17.0. The molecule has 0 bridgehead atoms. The van der Waals surface area contributed by atoms with Gasteiger partial charge in [0.25, 0.3) is 11.8 Å². The van der Waals surface area contributed by atoms with E-state index in [1.165, 1.54) is 12.4 Å². The van der Waals surface area contributed by atoms with Crippen molar-refractivity contribution in [1.82, 2.24) is 14.8 Å². The Labute approximate surface area is 196 Å². The fourth-order valence-electron chi connectivity index (χ4n) is 3.25. The lowest BCUT2D eigenvalue weighted by molar-refractivity contribution is -0.0924. The summed E-state index contributed by atoms with van der Waals surface area (Å²) in [5.41, 5.74) is 5.74. The monoisotopic (exact) mass is 540 g/mol. The van der Waals surface area contributed by atoms with Gasteiger partial charge in [0.15, 0.2) is 0 Å². The highest BCUT2D eigenvalue weighted by atomic mass is 127. The van der Waals surface area contributed by atoms with Crippen LogP contribution in [0.4, 0.5) is 14.5 Å². The maximum Gasteiger partial charge on any atom is 0.274 e. The molecule has 0 saturated heterocycles. The van der Waals surface area contributed by atoms with Gasteiger partial charge in [-0.25, -0.2) is 13.8 Å². The van der Waals surface area contributed by atoms with Crippen molar-refractivity contribution in [3.63, 3.8) is 0 Å². The van der Waals surface area contributed by atoms with Crippen molar-refractivity contribution in [2.45, 2.75) is 31.7 Å². The largest absolute Gasteiger partial charge is 0.320 e. The Hall–Kier alpha value is -2.89. The number of aryl methyl sites for hydroxylation is 1. The smallest absolute Gasteiger partial charge is 0.274 e. The summed E-state index contributed by atoms with van der Waals surface area (Å²) < 4.78 is 27.4. The van der Waals surface area contributed by atoms with Crippen molar-refractivity contribution in [2.24, 2.45) is 5.10 Å². The Kier molecular flexibility index (Phi) is 6.68. The van der Waals surface area contributed by atoms with Gasteiger partial charge in [0.05, 0.1) is 24.2 Å². The van der Waals surface area contributed by atoms with Crippen LogP contribution in [0.5, 0.6) is 0 Å². The van der Waals surface area contributed by atoms with Gasteiger partial charge in [-0.05, 0) is 30.7 Å². The van der Waals surface area contributed by atoms with Gasteiger partial charge >= 0.3 is 0 Å².